The van der Waals surface area contributed by atoms with E-state index in [0.29, 0.717) is 29.1 Å². The zero-order valence-corrected chi connectivity index (χ0v) is 28.7. The average Bonchev–Trinajstić information content (AvgIpc) is 3.46. The second kappa shape index (κ2) is 13.5. The number of amides is 2. The molecule has 0 unspecified atom stereocenters. The summed E-state index contributed by atoms with van der Waals surface area (Å²) in [6.07, 6.45) is 1.33. The standard InChI is InChI=1S/C29H38N8O10S2/c1-14-11-17(9-10-32-14)33-23(30)16-5-7-19-15(12-16)6-8-20(45-19)29(4,26(40)41)46-36-21(18-13-48-27(31)34-18)24(38)35-22-25(39)37(28(22,2)3)47-49(42,43)44/h5,7,12-14,17,20,22,32H,6,8-11H2,1-4H3,(H2,30,33)(H2,31,34)(H,35,38)(H,40,41)(H,42,43,44)/b36-21-/t14-,17-,20+,22+,29-/m0/s1. The van der Waals surface area contributed by atoms with Gasteiger partial charge >= 0.3 is 16.4 Å². The molecule has 4 heterocycles. The molecule has 3 aliphatic heterocycles. The van der Waals surface area contributed by atoms with Gasteiger partial charge in [-0.15, -0.1) is 15.6 Å². The van der Waals surface area contributed by atoms with Crippen LogP contribution in [0.2, 0.25) is 0 Å². The Morgan fingerprint density at radius 2 is 2.04 bits per heavy atom. The molecule has 1 aromatic carbocycles. The van der Waals surface area contributed by atoms with E-state index in [-0.39, 0.29) is 23.3 Å². The number of nitrogens with one attached hydrogen (secondary N) is 2. The van der Waals surface area contributed by atoms with Crippen molar-refractivity contribution in [2.75, 3.05) is 12.3 Å². The molecule has 2 amide bonds. The van der Waals surface area contributed by atoms with Gasteiger partial charge in [-0.25, -0.2) is 9.78 Å². The van der Waals surface area contributed by atoms with Crippen LogP contribution in [0, 0.1) is 0 Å². The highest BCUT2D eigenvalue weighted by atomic mass is 32.3. The van der Waals surface area contributed by atoms with Crippen LogP contribution >= 0.6 is 11.3 Å². The number of aromatic nitrogens is 1. The highest BCUT2D eigenvalue weighted by Gasteiger charge is 2.58. The van der Waals surface area contributed by atoms with Crippen LogP contribution in [-0.2, 0) is 40.3 Å². The van der Waals surface area contributed by atoms with Crippen LogP contribution in [-0.4, -0.2) is 99.4 Å². The Bertz CT molecular complexity index is 1810. The first kappa shape index (κ1) is 35.9. The van der Waals surface area contributed by atoms with Gasteiger partial charge in [-0.05, 0) is 83.7 Å². The number of nitrogens with two attached hydrogens (primary N) is 2. The van der Waals surface area contributed by atoms with Crippen molar-refractivity contribution in [2.45, 2.75) is 88.7 Å². The number of carboxylic acids is 1. The number of carbonyl (C=O) groups is 3. The number of aliphatic carboxylic acids is 1. The molecule has 5 rings (SSSR count). The number of β-lactam (4-membered cyclic amide) rings is 1. The second-order valence-electron chi connectivity index (χ2n) is 12.7. The summed E-state index contributed by atoms with van der Waals surface area (Å²) in [5.74, 6) is -2.60. The quantitative estimate of drug-likeness (QED) is 0.0602. The number of aliphatic imine (C=N–C) groups is 1. The maximum atomic E-state index is 13.5. The smallest absolute Gasteiger partial charge is 0.418 e. The van der Waals surface area contributed by atoms with Gasteiger partial charge in [0.2, 0.25) is 0 Å². The Kier molecular flexibility index (Phi) is 9.90. The van der Waals surface area contributed by atoms with Gasteiger partial charge in [0.05, 0.1) is 11.6 Å². The monoisotopic (exact) mass is 722 g/mol. The van der Waals surface area contributed by atoms with Gasteiger partial charge in [-0.2, -0.15) is 13.5 Å². The number of nitrogen functional groups attached to an aromatic ring is 1. The van der Waals surface area contributed by atoms with Crippen LogP contribution in [0.3, 0.4) is 0 Å². The van der Waals surface area contributed by atoms with Crippen molar-refractivity contribution in [3.05, 3.63) is 40.4 Å². The highest BCUT2D eigenvalue weighted by Crippen LogP contribution is 2.35. The summed E-state index contributed by atoms with van der Waals surface area (Å²) >= 11 is 0.968. The number of hydrogen-bond acceptors (Lipinski definition) is 14. The van der Waals surface area contributed by atoms with Crippen LogP contribution in [0.4, 0.5) is 5.13 Å². The number of carbonyl (C=O) groups excluding carboxylic acids is 2. The van der Waals surface area contributed by atoms with E-state index in [1.807, 2.05) is 6.07 Å². The summed E-state index contributed by atoms with van der Waals surface area (Å²) < 4.78 is 41.8. The molecule has 1 aromatic heterocycles. The minimum absolute atomic E-state index is 0.0619. The number of nitrogens with zero attached hydrogens (tertiary/aromatic N) is 4. The van der Waals surface area contributed by atoms with Crippen LogP contribution in [0.5, 0.6) is 5.75 Å². The van der Waals surface area contributed by atoms with Gasteiger partial charge in [0.15, 0.2) is 16.9 Å². The first-order valence-electron chi connectivity index (χ1n) is 15.3. The van der Waals surface area contributed by atoms with Gasteiger partial charge < -0.3 is 36.8 Å². The number of fused-ring (bicyclic) bond motifs is 1. The lowest BCUT2D eigenvalue weighted by Crippen LogP contribution is -2.76. The molecule has 2 fully saturated rings. The Balaban J connectivity index is 1.34. The lowest BCUT2D eigenvalue weighted by atomic mass is 9.84. The molecule has 0 saturated carbocycles. The number of piperidine rings is 1. The molecule has 18 nitrogen and oxygen atoms in total. The van der Waals surface area contributed by atoms with Gasteiger partial charge in [0.1, 0.15) is 23.3 Å². The first-order valence-corrected chi connectivity index (χ1v) is 17.5. The maximum Gasteiger partial charge on any atom is 0.418 e. The van der Waals surface area contributed by atoms with Gasteiger partial charge in [0, 0.05) is 17.0 Å². The Hall–Kier alpha value is -4.37. The molecule has 5 atom stereocenters. The molecule has 0 aliphatic carbocycles. The molecule has 0 radical (unpaired) electrons. The van der Waals surface area contributed by atoms with E-state index < -0.39 is 57.2 Å². The number of benzene rings is 1. The second-order valence-corrected chi connectivity index (χ2v) is 14.6. The van der Waals surface area contributed by atoms with Crippen molar-refractivity contribution in [1.29, 1.82) is 0 Å². The summed E-state index contributed by atoms with van der Waals surface area (Å²) in [5.41, 5.74) is 9.50. The SMILES string of the molecule is C[C@H]1C[C@@H](N=C(N)c2ccc3c(c2)CC[C@H]([C@](C)(O/N=C(\C(=O)N[C@@H]2C(=O)N(OS(=O)(=O)O)C2(C)C)c2csc(N)n2)C(=O)O)O3)CCN1. The molecule has 49 heavy (non-hydrogen) atoms. The molecule has 0 bridgehead atoms. The molecule has 0 spiro atoms. The summed E-state index contributed by atoms with van der Waals surface area (Å²) in [6.45, 7) is 6.97. The third-order valence-corrected chi connectivity index (χ3v) is 9.70. The lowest BCUT2D eigenvalue weighted by molar-refractivity contribution is -0.218. The molecule has 8 N–H and O–H groups in total. The number of amidine groups is 1. The third-order valence-electron chi connectivity index (χ3n) is 8.69. The Morgan fingerprint density at radius 1 is 1.31 bits per heavy atom. The number of ether oxygens (including phenoxy) is 1. The third kappa shape index (κ3) is 7.62. The topological polar surface area (TPSA) is 270 Å². The minimum Gasteiger partial charge on any atom is -0.485 e. The number of aryl methyl sites for hydroxylation is 1. The van der Waals surface area contributed by atoms with Crippen LogP contribution < -0.4 is 26.8 Å². The van der Waals surface area contributed by atoms with Crippen molar-refractivity contribution < 1.29 is 46.3 Å². The van der Waals surface area contributed by atoms with Gasteiger partial charge in [0.25, 0.3) is 17.4 Å². The highest BCUT2D eigenvalue weighted by molar-refractivity contribution is 7.80. The van der Waals surface area contributed by atoms with Gasteiger partial charge in [-0.1, -0.05) is 5.16 Å². The average molecular weight is 723 g/mol. The lowest BCUT2D eigenvalue weighted by Gasteiger charge is -2.50. The number of rotatable bonds is 11. The van der Waals surface area contributed by atoms with E-state index >= 15 is 0 Å². The number of anilines is 1. The Morgan fingerprint density at radius 3 is 2.65 bits per heavy atom. The Labute approximate surface area is 285 Å². The number of thiazole rings is 1. The van der Waals surface area contributed by atoms with E-state index in [1.54, 1.807) is 12.1 Å². The number of carboxylic acid groups (broad SMARTS) is 1. The fraction of sp³-hybridized carbons (Fsp3) is 0.517. The van der Waals surface area contributed by atoms with Gasteiger partial charge in [-0.3, -0.25) is 19.1 Å². The van der Waals surface area contributed by atoms with Crippen LogP contribution in [0.25, 0.3) is 0 Å². The summed E-state index contributed by atoms with van der Waals surface area (Å²) in [7, 11) is -5.03. The van der Waals surface area contributed by atoms with E-state index in [0.717, 1.165) is 41.9 Å². The molecule has 20 heteroatoms. The normalized spacial score (nSPS) is 25.3. The first-order chi connectivity index (χ1) is 22.9. The fourth-order valence-electron chi connectivity index (χ4n) is 5.83. The van der Waals surface area contributed by atoms with E-state index in [9.17, 15) is 27.9 Å². The molecule has 266 valence electrons. The van der Waals surface area contributed by atoms with Crippen molar-refractivity contribution >= 4 is 56.2 Å². The van der Waals surface area contributed by atoms with E-state index in [1.165, 1.54) is 26.2 Å². The van der Waals surface area contributed by atoms with Crippen molar-refractivity contribution in [3.63, 3.8) is 0 Å². The summed E-state index contributed by atoms with van der Waals surface area (Å²) in [4.78, 5) is 53.1. The van der Waals surface area contributed by atoms with Crippen molar-refractivity contribution in [3.8, 4) is 5.75 Å². The van der Waals surface area contributed by atoms with Crippen LogP contribution in [0.1, 0.15) is 63.8 Å². The zero-order chi connectivity index (χ0) is 35.9. The minimum atomic E-state index is -5.03. The molecular weight excluding hydrogens is 684 g/mol. The maximum absolute atomic E-state index is 13.5. The predicted octanol–water partition coefficient (Wildman–Crippen LogP) is 0.369. The zero-order valence-electron chi connectivity index (χ0n) is 27.1. The van der Waals surface area contributed by atoms with E-state index in [2.05, 4.69) is 32.0 Å². The number of hydrogen-bond donors (Lipinski definition) is 6. The molecule has 2 saturated heterocycles. The number of oxime groups is 1. The van der Waals surface area contributed by atoms with Crippen molar-refractivity contribution in [2.24, 2.45) is 15.9 Å². The predicted molar refractivity (Wildman–Crippen MR) is 176 cm³/mol. The molecule has 3 aliphatic rings. The van der Waals surface area contributed by atoms with Crippen LogP contribution in [0.15, 0.2) is 33.7 Å². The van der Waals surface area contributed by atoms with Crippen molar-refractivity contribution in [1.82, 2.24) is 20.7 Å². The largest absolute Gasteiger partial charge is 0.485 e. The molecule has 2 aromatic rings. The molecular formula is C29H38N8O10S2. The number of hydroxylamine groups is 2. The van der Waals surface area contributed by atoms with E-state index in [4.69, 9.17) is 30.6 Å². The summed E-state index contributed by atoms with van der Waals surface area (Å²) in [6, 6.07) is 4.45. The fourth-order valence-corrected chi connectivity index (χ4v) is 6.83. The summed E-state index contributed by atoms with van der Waals surface area (Å²) in [5, 5.41) is 21.8.